The predicted octanol–water partition coefficient (Wildman–Crippen LogP) is 2.47. The molecule has 0 bridgehead atoms. The van der Waals surface area contributed by atoms with Crippen LogP contribution in [0.2, 0.25) is 0 Å². The number of hydrogen-bond donors (Lipinski definition) is 1. The fraction of sp³-hybridized carbons (Fsp3) is 0.647. The smallest absolute Gasteiger partial charge is 0.0561 e. The summed E-state index contributed by atoms with van der Waals surface area (Å²) >= 11 is 0. The first-order valence-electron chi connectivity index (χ1n) is 7.74. The Balaban J connectivity index is 1.83. The van der Waals surface area contributed by atoms with Gasteiger partial charge in [-0.1, -0.05) is 25.1 Å². The second-order valence-electron chi connectivity index (χ2n) is 6.63. The van der Waals surface area contributed by atoms with Gasteiger partial charge in [-0.25, -0.2) is 0 Å². The fourth-order valence-corrected chi connectivity index (χ4v) is 3.67. The molecule has 3 nitrogen and oxygen atoms in total. The molecule has 0 saturated carbocycles. The lowest BCUT2D eigenvalue weighted by atomic mass is 9.81. The molecule has 110 valence electrons. The van der Waals surface area contributed by atoms with Gasteiger partial charge in [0.2, 0.25) is 0 Å². The molecule has 0 spiro atoms. The Morgan fingerprint density at radius 2 is 2.25 bits per heavy atom. The number of para-hydroxylation sites is 1. The highest BCUT2D eigenvalue weighted by atomic mass is 16.5. The molecule has 2 heterocycles. The molecule has 2 unspecified atom stereocenters. The molecular weight excluding hydrogens is 250 g/mol. The lowest BCUT2D eigenvalue weighted by molar-refractivity contribution is -0.0339. The van der Waals surface area contributed by atoms with E-state index in [1.807, 2.05) is 0 Å². The van der Waals surface area contributed by atoms with Crippen molar-refractivity contribution < 1.29 is 9.84 Å². The van der Waals surface area contributed by atoms with Crippen molar-refractivity contribution in [3.05, 3.63) is 29.8 Å². The van der Waals surface area contributed by atoms with E-state index in [0.717, 1.165) is 39.0 Å². The second-order valence-corrected chi connectivity index (χ2v) is 6.63. The number of nitrogens with zero attached hydrogens (tertiary/aromatic N) is 1. The molecule has 3 rings (SSSR count). The highest BCUT2D eigenvalue weighted by Crippen LogP contribution is 2.35. The van der Waals surface area contributed by atoms with E-state index < -0.39 is 0 Å². The van der Waals surface area contributed by atoms with Gasteiger partial charge in [-0.15, -0.1) is 0 Å². The van der Waals surface area contributed by atoms with Gasteiger partial charge in [0.25, 0.3) is 0 Å². The molecule has 1 N–H and O–H groups in total. The van der Waals surface area contributed by atoms with Crippen LogP contribution in [0.25, 0.3) is 0 Å². The fourth-order valence-electron chi connectivity index (χ4n) is 3.67. The van der Waals surface area contributed by atoms with Crippen LogP contribution in [0.5, 0.6) is 0 Å². The molecule has 1 fully saturated rings. The average molecular weight is 275 g/mol. The van der Waals surface area contributed by atoms with Crippen molar-refractivity contribution in [2.24, 2.45) is 11.3 Å². The SMILES string of the molecule is CC1Cc2ccccc2N(CC2(CO)CCCOC2)C1. The third-order valence-corrected chi connectivity index (χ3v) is 4.70. The van der Waals surface area contributed by atoms with E-state index in [9.17, 15) is 5.11 Å². The van der Waals surface area contributed by atoms with Crippen LogP contribution in [-0.2, 0) is 11.2 Å². The molecule has 2 aliphatic heterocycles. The van der Waals surface area contributed by atoms with E-state index >= 15 is 0 Å². The normalized spacial score (nSPS) is 30.1. The van der Waals surface area contributed by atoms with Crippen molar-refractivity contribution in [3.8, 4) is 0 Å². The standard InChI is InChI=1S/C17H25NO2/c1-14-9-15-5-2-3-6-16(15)18(10-14)11-17(12-19)7-4-8-20-13-17/h2-3,5-6,14,19H,4,7-13H2,1H3. The first kappa shape index (κ1) is 13.9. The highest BCUT2D eigenvalue weighted by Gasteiger charge is 2.36. The minimum atomic E-state index is -0.0809. The Morgan fingerprint density at radius 3 is 3.00 bits per heavy atom. The van der Waals surface area contributed by atoms with Gasteiger partial charge in [-0.05, 0) is 36.8 Å². The van der Waals surface area contributed by atoms with Gasteiger partial charge in [0.15, 0.2) is 0 Å². The Hall–Kier alpha value is -1.06. The molecule has 2 aliphatic rings. The summed E-state index contributed by atoms with van der Waals surface area (Å²) in [4.78, 5) is 2.47. The summed E-state index contributed by atoms with van der Waals surface area (Å²) in [5.74, 6) is 0.671. The number of ether oxygens (including phenoxy) is 1. The topological polar surface area (TPSA) is 32.7 Å². The van der Waals surface area contributed by atoms with Crippen molar-refractivity contribution in [2.75, 3.05) is 37.8 Å². The summed E-state index contributed by atoms with van der Waals surface area (Å²) in [6.07, 6.45) is 3.29. The van der Waals surface area contributed by atoms with Crippen molar-refractivity contribution in [2.45, 2.75) is 26.2 Å². The van der Waals surface area contributed by atoms with E-state index in [2.05, 4.69) is 36.1 Å². The Labute approximate surface area is 121 Å². The maximum absolute atomic E-state index is 9.88. The molecule has 1 aromatic rings. The highest BCUT2D eigenvalue weighted by molar-refractivity contribution is 5.56. The summed E-state index contributed by atoms with van der Waals surface area (Å²) in [6, 6.07) is 8.70. The molecule has 0 radical (unpaired) electrons. The van der Waals surface area contributed by atoms with E-state index in [1.54, 1.807) is 0 Å². The molecule has 20 heavy (non-hydrogen) atoms. The molecule has 0 aliphatic carbocycles. The summed E-state index contributed by atoms with van der Waals surface area (Å²) in [7, 11) is 0. The van der Waals surface area contributed by atoms with Crippen LogP contribution in [0, 0.1) is 11.3 Å². The van der Waals surface area contributed by atoms with Gasteiger partial charge in [0.05, 0.1) is 13.2 Å². The molecule has 2 atom stereocenters. The van der Waals surface area contributed by atoms with Crippen molar-refractivity contribution in [1.82, 2.24) is 0 Å². The lowest BCUT2D eigenvalue weighted by Crippen LogP contribution is -2.48. The van der Waals surface area contributed by atoms with Gasteiger partial charge in [0, 0.05) is 30.8 Å². The van der Waals surface area contributed by atoms with E-state index in [-0.39, 0.29) is 12.0 Å². The molecule has 3 heteroatoms. The van der Waals surface area contributed by atoms with Gasteiger partial charge in [-0.3, -0.25) is 0 Å². The number of fused-ring (bicyclic) bond motifs is 1. The largest absolute Gasteiger partial charge is 0.396 e. The molecule has 1 aromatic carbocycles. The van der Waals surface area contributed by atoms with E-state index in [1.165, 1.54) is 11.3 Å². The second kappa shape index (κ2) is 5.74. The monoisotopic (exact) mass is 275 g/mol. The van der Waals surface area contributed by atoms with Crippen molar-refractivity contribution >= 4 is 5.69 Å². The number of anilines is 1. The van der Waals surface area contributed by atoms with Crippen LogP contribution < -0.4 is 4.90 Å². The average Bonchev–Trinajstić information content (AvgIpc) is 2.48. The van der Waals surface area contributed by atoms with Crippen molar-refractivity contribution in [3.63, 3.8) is 0 Å². The first-order chi connectivity index (χ1) is 9.72. The van der Waals surface area contributed by atoms with Crippen LogP contribution in [0.3, 0.4) is 0 Å². The predicted molar refractivity (Wildman–Crippen MR) is 81.1 cm³/mol. The number of aliphatic hydroxyl groups is 1. The van der Waals surface area contributed by atoms with E-state index in [4.69, 9.17) is 4.74 Å². The summed E-state index contributed by atoms with van der Waals surface area (Å²) < 4.78 is 5.65. The lowest BCUT2D eigenvalue weighted by Gasteiger charge is -2.43. The van der Waals surface area contributed by atoms with Gasteiger partial charge in [0.1, 0.15) is 0 Å². The number of aliphatic hydroxyl groups excluding tert-OH is 1. The summed E-state index contributed by atoms with van der Waals surface area (Å²) in [6.45, 7) is 6.06. The van der Waals surface area contributed by atoms with E-state index in [0.29, 0.717) is 12.5 Å². The summed E-state index contributed by atoms with van der Waals surface area (Å²) in [5.41, 5.74) is 2.71. The third kappa shape index (κ3) is 2.70. The number of rotatable bonds is 3. The number of benzene rings is 1. The van der Waals surface area contributed by atoms with Crippen LogP contribution in [0.4, 0.5) is 5.69 Å². The Bertz CT molecular complexity index is 454. The Kier molecular flexibility index (Phi) is 3.99. The summed E-state index contributed by atoms with van der Waals surface area (Å²) in [5, 5.41) is 9.88. The first-order valence-corrected chi connectivity index (χ1v) is 7.74. The molecular formula is C17H25NO2. The maximum Gasteiger partial charge on any atom is 0.0561 e. The van der Waals surface area contributed by atoms with Crippen LogP contribution >= 0.6 is 0 Å². The molecule has 1 saturated heterocycles. The van der Waals surface area contributed by atoms with Crippen LogP contribution in [-0.4, -0.2) is 38.0 Å². The van der Waals surface area contributed by atoms with Crippen LogP contribution in [0.15, 0.2) is 24.3 Å². The van der Waals surface area contributed by atoms with Gasteiger partial charge < -0.3 is 14.7 Å². The van der Waals surface area contributed by atoms with Crippen LogP contribution in [0.1, 0.15) is 25.3 Å². The van der Waals surface area contributed by atoms with Gasteiger partial charge >= 0.3 is 0 Å². The molecule has 0 aromatic heterocycles. The number of hydrogen-bond acceptors (Lipinski definition) is 3. The zero-order chi connectivity index (χ0) is 14.0. The quantitative estimate of drug-likeness (QED) is 0.920. The van der Waals surface area contributed by atoms with Gasteiger partial charge in [-0.2, -0.15) is 0 Å². The zero-order valence-electron chi connectivity index (χ0n) is 12.3. The van der Waals surface area contributed by atoms with Crippen molar-refractivity contribution in [1.29, 1.82) is 0 Å². The Morgan fingerprint density at radius 1 is 1.40 bits per heavy atom. The zero-order valence-corrected chi connectivity index (χ0v) is 12.3. The minimum absolute atomic E-state index is 0.0809. The minimum Gasteiger partial charge on any atom is -0.396 e. The maximum atomic E-state index is 9.88. The molecule has 0 amide bonds. The third-order valence-electron chi connectivity index (χ3n) is 4.70.